The van der Waals surface area contributed by atoms with E-state index in [2.05, 4.69) is 5.32 Å². The molecule has 0 radical (unpaired) electrons. The molecule has 0 fully saturated rings. The predicted octanol–water partition coefficient (Wildman–Crippen LogP) is 4.54. The van der Waals surface area contributed by atoms with Crippen LogP contribution in [0.5, 0.6) is 0 Å². The van der Waals surface area contributed by atoms with Crippen molar-refractivity contribution >= 4 is 34.8 Å². The van der Waals surface area contributed by atoms with Gasteiger partial charge in [-0.25, -0.2) is 0 Å². The highest BCUT2D eigenvalue weighted by Gasteiger charge is 2.25. The normalized spacial score (nSPS) is 11.6. The zero-order valence-electron chi connectivity index (χ0n) is 14.0. The van der Waals surface area contributed by atoms with Gasteiger partial charge in [0, 0.05) is 29.1 Å². The van der Waals surface area contributed by atoms with Crippen molar-refractivity contribution < 1.29 is 14.4 Å². The first-order valence-corrected chi connectivity index (χ1v) is 8.56. The Balaban J connectivity index is 1.90. The molecule has 0 aliphatic heterocycles. The molecule has 0 saturated carbocycles. The molecule has 0 bridgehead atoms. The summed E-state index contributed by atoms with van der Waals surface area (Å²) in [6.07, 6.45) is 0.502. The average Bonchev–Trinajstić information content (AvgIpc) is 2.63. The fourth-order valence-corrected chi connectivity index (χ4v) is 2.66. The van der Waals surface area contributed by atoms with Crippen molar-refractivity contribution in [1.82, 2.24) is 0 Å². The fraction of sp³-hybridized carbons (Fsp3) is 0.250. The molecular formula is C20H20ClNO3. The summed E-state index contributed by atoms with van der Waals surface area (Å²) in [4.78, 5) is 36.8. The molecule has 1 atom stereocenters. The van der Waals surface area contributed by atoms with Crippen LogP contribution in [-0.4, -0.2) is 17.5 Å². The van der Waals surface area contributed by atoms with Crippen LogP contribution in [0.25, 0.3) is 0 Å². The maximum Gasteiger partial charge on any atom is 0.224 e. The summed E-state index contributed by atoms with van der Waals surface area (Å²) in [5.74, 6) is -1.36. The van der Waals surface area contributed by atoms with Gasteiger partial charge in [-0.15, -0.1) is 0 Å². The van der Waals surface area contributed by atoms with E-state index in [4.69, 9.17) is 11.6 Å². The lowest BCUT2D eigenvalue weighted by Crippen LogP contribution is -2.25. The lowest BCUT2D eigenvalue weighted by Gasteiger charge is -2.13. The van der Waals surface area contributed by atoms with Crippen LogP contribution >= 0.6 is 11.6 Å². The second kappa shape index (κ2) is 9.14. The number of hydrogen-bond acceptors (Lipinski definition) is 3. The van der Waals surface area contributed by atoms with Crippen molar-refractivity contribution in [3.63, 3.8) is 0 Å². The van der Waals surface area contributed by atoms with E-state index in [1.54, 1.807) is 55.5 Å². The van der Waals surface area contributed by atoms with Gasteiger partial charge in [0.05, 0.1) is 5.92 Å². The summed E-state index contributed by atoms with van der Waals surface area (Å²) in [6, 6.07) is 15.5. The maximum absolute atomic E-state index is 12.5. The molecule has 0 aliphatic carbocycles. The number of carbonyl (C=O) groups is 3. The average molecular weight is 358 g/mol. The molecule has 130 valence electrons. The quantitative estimate of drug-likeness (QED) is 0.557. The van der Waals surface area contributed by atoms with E-state index in [-0.39, 0.29) is 30.3 Å². The van der Waals surface area contributed by atoms with Crippen LogP contribution in [0.4, 0.5) is 5.69 Å². The van der Waals surface area contributed by atoms with Gasteiger partial charge in [-0.1, -0.05) is 48.9 Å². The van der Waals surface area contributed by atoms with Crippen LogP contribution in [-0.2, 0) is 9.59 Å². The monoisotopic (exact) mass is 357 g/mol. The second-order valence-electron chi connectivity index (χ2n) is 5.71. The molecule has 0 aromatic heterocycles. The van der Waals surface area contributed by atoms with Gasteiger partial charge < -0.3 is 5.32 Å². The first-order chi connectivity index (χ1) is 12.0. The third kappa shape index (κ3) is 5.54. The Kier molecular flexibility index (Phi) is 6.90. The zero-order chi connectivity index (χ0) is 18.2. The minimum atomic E-state index is -0.703. The van der Waals surface area contributed by atoms with Crippen LogP contribution in [0.1, 0.15) is 36.5 Å². The second-order valence-corrected chi connectivity index (χ2v) is 6.15. The van der Waals surface area contributed by atoms with Gasteiger partial charge in [-0.2, -0.15) is 0 Å². The molecule has 2 rings (SSSR count). The largest absolute Gasteiger partial charge is 0.326 e. The van der Waals surface area contributed by atoms with Gasteiger partial charge >= 0.3 is 0 Å². The van der Waals surface area contributed by atoms with Crippen LogP contribution in [0.2, 0.25) is 5.02 Å². The lowest BCUT2D eigenvalue weighted by molar-refractivity contribution is -0.124. The lowest BCUT2D eigenvalue weighted by atomic mass is 9.89. The third-order valence-corrected chi connectivity index (χ3v) is 4.15. The van der Waals surface area contributed by atoms with E-state index in [0.717, 1.165) is 0 Å². The Hall–Kier alpha value is -2.46. The Labute approximate surface area is 152 Å². The van der Waals surface area contributed by atoms with E-state index >= 15 is 0 Å². The first kappa shape index (κ1) is 18.9. The van der Waals surface area contributed by atoms with Crippen molar-refractivity contribution in [3.8, 4) is 0 Å². The summed E-state index contributed by atoms with van der Waals surface area (Å²) < 4.78 is 0. The fourth-order valence-electron chi connectivity index (χ4n) is 2.53. The van der Waals surface area contributed by atoms with E-state index in [1.807, 2.05) is 6.07 Å². The molecule has 5 heteroatoms. The molecule has 2 aromatic carbocycles. The maximum atomic E-state index is 12.5. The molecule has 0 aliphatic rings. The molecule has 0 heterocycles. The van der Waals surface area contributed by atoms with Crippen LogP contribution in [0.15, 0.2) is 54.6 Å². The number of rotatable bonds is 8. The highest BCUT2D eigenvalue weighted by atomic mass is 35.5. The van der Waals surface area contributed by atoms with Crippen molar-refractivity contribution in [3.05, 3.63) is 65.2 Å². The third-order valence-electron chi connectivity index (χ3n) is 3.90. The highest BCUT2D eigenvalue weighted by Crippen LogP contribution is 2.17. The summed E-state index contributed by atoms with van der Waals surface area (Å²) in [7, 11) is 0. The van der Waals surface area contributed by atoms with Gasteiger partial charge in [-0.3, -0.25) is 14.4 Å². The van der Waals surface area contributed by atoms with E-state index < -0.39 is 5.92 Å². The van der Waals surface area contributed by atoms with Gasteiger partial charge in [-0.05, 0) is 30.7 Å². The summed E-state index contributed by atoms with van der Waals surface area (Å²) in [5, 5.41) is 3.29. The van der Waals surface area contributed by atoms with Crippen LogP contribution < -0.4 is 5.32 Å². The zero-order valence-corrected chi connectivity index (χ0v) is 14.8. The Morgan fingerprint density at radius 2 is 1.60 bits per heavy atom. The Bertz CT molecular complexity index is 741. The molecule has 25 heavy (non-hydrogen) atoms. The Morgan fingerprint density at radius 1 is 0.960 bits per heavy atom. The Morgan fingerprint density at radius 3 is 2.20 bits per heavy atom. The molecule has 0 unspecified atom stereocenters. The molecule has 2 aromatic rings. The number of nitrogens with one attached hydrogen (secondary N) is 1. The standard InChI is InChI=1S/C20H20ClNO3/c1-2-17(20(25)14-6-4-3-5-7-14)18(23)12-13-19(24)22-16-10-8-15(21)9-11-16/h3-11,17H,2,12-13H2,1H3,(H,22,24)/t17-/m1/s1. The SMILES string of the molecule is CC[C@H](C(=O)CCC(=O)Nc1ccc(Cl)cc1)C(=O)c1ccccc1. The number of Topliss-reactive ketones (excluding diaryl/α,β-unsaturated/α-hetero) is 2. The van der Waals surface area contributed by atoms with Crippen molar-refractivity contribution in [2.45, 2.75) is 26.2 Å². The van der Waals surface area contributed by atoms with E-state index in [1.165, 1.54) is 0 Å². The number of anilines is 1. The number of ketones is 2. The molecule has 0 spiro atoms. The molecule has 4 nitrogen and oxygen atoms in total. The van der Waals surface area contributed by atoms with Crippen molar-refractivity contribution in [2.24, 2.45) is 5.92 Å². The van der Waals surface area contributed by atoms with Gasteiger partial charge in [0.1, 0.15) is 5.78 Å². The van der Waals surface area contributed by atoms with Crippen molar-refractivity contribution in [1.29, 1.82) is 0 Å². The minimum Gasteiger partial charge on any atom is -0.326 e. The van der Waals surface area contributed by atoms with Gasteiger partial charge in [0.15, 0.2) is 5.78 Å². The predicted molar refractivity (Wildman–Crippen MR) is 98.9 cm³/mol. The highest BCUT2D eigenvalue weighted by molar-refractivity contribution is 6.30. The molecule has 1 amide bonds. The number of amides is 1. The topological polar surface area (TPSA) is 63.2 Å². The van der Waals surface area contributed by atoms with Crippen LogP contribution in [0.3, 0.4) is 0 Å². The first-order valence-electron chi connectivity index (χ1n) is 8.18. The van der Waals surface area contributed by atoms with Crippen molar-refractivity contribution in [2.75, 3.05) is 5.32 Å². The molecule has 0 saturated heterocycles. The summed E-state index contributed by atoms with van der Waals surface area (Å²) >= 11 is 5.79. The summed E-state index contributed by atoms with van der Waals surface area (Å²) in [6.45, 7) is 1.80. The minimum absolute atomic E-state index is 0.0382. The summed E-state index contributed by atoms with van der Waals surface area (Å²) in [5.41, 5.74) is 1.14. The van der Waals surface area contributed by atoms with E-state index in [9.17, 15) is 14.4 Å². The molecule has 1 N–H and O–H groups in total. The number of halogens is 1. The van der Waals surface area contributed by atoms with Gasteiger partial charge in [0.2, 0.25) is 5.91 Å². The smallest absolute Gasteiger partial charge is 0.224 e. The number of benzene rings is 2. The van der Waals surface area contributed by atoms with E-state index in [0.29, 0.717) is 22.7 Å². The molecular weight excluding hydrogens is 338 g/mol. The number of hydrogen-bond donors (Lipinski definition) is 1. The van der Waals surface area contributed by atoms with Crippen LogP contribution in [0, 0.1) is 5.92 Å². The van der Waals surface area contributed by atoms with Gasteiger partial charge in [0.25, 0.3) is 0 Å². The number of carbonyl (C=O) groups excluding carboxylic acids is 3.